The molecule has 2 aromatic heterocycles. The Morgan fingerprint density at radius 1 is 1.37 bits per heavy atom. The summed E-state index contributed by atoms with van der Waals surface area (Å²) in [5.74, 6) is -0.763. The van der Waals surface area contributed by atoms with Gasteiger partial charge in [-0.05, 0) is 45.0 Å². The number of nitrogens with zero attached hydrogens (tertiary/aromatic N) is 5. The molecule has 0 aliphatic rings. The summed E-state index contributed by atoms with van der Waals surface area (Å²) in [6.45, 7) is 12.9. The van der Waals surface area contributed by atoms with Gasteiger partial charge in [0.25, 0.3) is 5.91 Å². The van der Waals surface area contributed by atoms with Gasteiger partial charge in [0.1, 0.15) is 41.3 Å². The van der Waals surface area contributed by atoms with Gasteiger partial charge in [-0.15, -0.1) is 0 Å². The van der Waals surface area contributed by atoms with E-state index in [1.54, 1.807) is 47.6 Å². The van der Waals surface area contributed by atoms with Crippen LogP contribution in [0.1, 0.15) is 48.7 Å². The number of aliphatic hydroxyl groups is 1. The van der Waals surface area contributed by atoms with E-state index in [9.17, 15) is 14.3 Å². The molecule has 204 valence electrons. The van der Waals surface area contributed by atoms with Crippen LogP contribution in [-0.4, -0.2) is 51.6 Å². The van der Waals surface area contributed by atoms with Crippen molar-refractivity contribution in [3.05, 3.63) is 58.5 Å². The maximum Gasteiger partial charge on any atom is 0.271 e. The monoisotopic (exact) mass is 560 g/mol. The highest BCUT2D eigenvalue weighted by Crippen LogP contribution is 2.27. The molecule has 9 nitrogen and oxygen atoms in total. The third-order valence-electron chi connectivity index (χ3n) is 5.85. The number of benzene rings is 1. The number of hydrogen-bond acceptors (Lipinski definition) is 6. The highest BCUT2D eigenvalue weighted by atomic mass is 35.5. The summed E-state index contributed by atoms with van der Waals surface area (Å²) in [5, 5.41) is 26.9. The zero-order valence-electron chi connectivity index (χ0n) is 22.5. The van der Waals surface area contributed by atoms with Crippen LogP contribution in [-0.2, 0) is 17.1 Å². The molecular weight excluding hydrogens is 527 g/mol. The van der Waals surface area contributed by atoms with Crippen molar-refractivity contribution >= 4 is 25.6 Å². The molecule has 0 aliphatic carbocycles. The fourth-order valence-corrected chi connectivity index (χ4v) is 4.65. The van der Waals surface area contributed by atoms with Crippen LogP contribution in [0, 0.1) is 17.1 Å². The molecule has 0 spiro atoms. The molecule has 2 N–H and O–H groups in total. The molecule has 3 rings (SSSR count). The number of carbonyl (C=O) groups excluding carboxylic acids is 1. The first-order valence-corrected chi connectivity index (χ1v) is 16.4. The molecule has 0 saturated carbocycles. The first kappa shape index (κ1) is 29.5. The second-order valence-electron chi connectivity index (χ2n) is 11.0. The van der Waals surface area contributed by atoms with E-state index in [4.69, 9.17) is 21.6 Å². The van der Waals surface area contributed by atoms with Crippen molar-refractivity contribution in [2.45, 2.75) is 64.8 Å². The van der Waals surface area contributed by atoms with Crippen LogP contribution in [0.25, 0.3) is 11.3 Å². The van der Waals surface area contributed by atoms with Crippen molar-refractivity contribution in [2.24, 2.45) is 0 Å². The number of hydrogen-bond donors (Lipinski definition) is 2. The zero-order valence-corrected chi connectivity index (χ0v) is 24.3. The molecule has 0 fully saturated rings. The Morgan fingerprint density at radius 2 is 2.08 bits per heavy atom. The summed E-state index contributed by atoms with van der Waals surface area (Å²) >= 11 is 6.02. The summed E-state index contributed by atoms with van der Waals surface area (Å²) in [6.07, 6.45) is 3.30. The molecule has 0 bridgehead atoms. The Bertz CT molecular complexity index is 1310. The van der Waals surface area contributed by atoms with E-state index in [-0.39, 0.29) is 35.6 Å². The second-order valence-corrected chi connectivity index (χ2v) is 17.0. The molecule has 1 aromatic carbocycles. The van der Waals surface area contributed by atoms with Crippen LogP contribution in [0.2, 0.25) is 30.7 Å². The van der Waals surface area contributed by atoms with Gasteiger partial charge < -0.3 is 19.7 Å². The lowest BCUT2D eigenvalue weighted by molar-refractivity contribution is 0.0412. The van der Waals surface area contributed by atoms with Crippen molar-refractivity contribution in [2.75, 3.05) is 13.2 Å². The van der Waals surface area contributed by atoms with E-state index in [0.29, 0.717) is 23.7 Å². The number of carbonyl (C=O) groups is 1. The van der Waals surface area contributed by atoms with Gasteiger partial charge in [-0.25, -0.2) is 9.37 Å². The Balaban J connectivity index is 1.65. The predicted molar refractivity (Wildman–Crippen MR) is 146 cm³/mol. The molecule has 1 atom stereocenters. The molecule has 0 radical (unpaired) electrons. The average Bonchev–Trinajstić information content (AvgIpc) is 3.47. The van der Waals surface area contributed by atoms with Gasteiger partial charge in [-0.1, -0.05) is 31.2 Å². The number of aromatic nitrogens is 4. The van der Waals surface area contributed by atoms with Gasteiger partial charge in [0.05, 0.1) is 16.8 Å². The maximum atomic E-state index is 14.2. The number of imidazole rings is 1. The topological polar surface area (TPSA) is 118 Å². The molecule has 0 aliphatic heterocycles. The number of ether oxygens (including phenoxy) is 1. The standard InChI is InChI=1S/C26H34ClFN6O3Si/c1-17(34-8-7-22(32-34)18-11-20(27)19(13-29)21(28)12-18)14-30-24(35)23-15-33(25(31-23)26(2,3)36)16-37-9-10-38(4,5)6/h7-8,11-12,15,17,36H,9-10,14,16H2,1-6H3,(H,30,35). The van der Waals surface area contributed by atoms with Gasteiger partial charge in [0, 0.05) is 39.2 Å². The first-order chi connectivity index (χ1) is 17.7. The van der Waals surface area contributed by atoms with Crippen LogP contribution >= 0.6 is 11.6 Å². The fourth-order valence-electron chi connectivity index (χ4n) is 3.64. The summed E-state index contributed by atoms with van der Waals surface area (Å²) < 4.78 is 23.3. The van der Waals surface area contributed by atoms with Crippen molar-refractivity contribution < 1.29 is 19.0 Å². The van der Waals surface area contributed by atoms with Gasteiger partial charge in [0.2, 0.25) is 0 Å². The average molecular weight is 561 g/mol. The first-order valence-electron chi connectivity index (χ1n) is 12.3. The summed E-state index contributed by atoms with van der Waals surface area (Å²) in [5.41, 5.74) is -0.367. The van der Waals surface area contributed by atoms with Crippen LogP contribution < -0.4 is 5.32 Å². The third kappa shape index (κ3) is 7.51. The van der Waals surface area contributed by atoms with E-state index in [2.05, 4.69) is 35.0 Å². The minimum atomic E-state index is -1.26. The van der Waals surface area contributed by atoms with Gasteiger partial charge in [0.15, 0.2) is 0 Å². The molecule has 12 heteroatoms. The highest BCUT2D eigenvalue weighted by molar-refractivity contribution is 6.76. The minimum Gasteiger partial charge on any atom is -0.383 e. The molecule has 1 amide bonds. The number of amides is 1. The van der Waals surface area contributed by atoms with Crippen molar-refractivity contribution in [3.8, 4) is 17.3 Å². The summed E-state index contributed by atoms with van der Waals surface area (Å²) in [6, 6.07) is 6.93. The predicted octanol–water partition coefficient (Wildman–Crippen LogP) is 4.94. The molecule has 3 aromatic rings. The van der Waals surface area contributed by atoms with Crippen LogP contribution in [0.3, 0.4) is 0 Å². The van der Waals surface area contributed by atoms with E-state index >= 15 is 0 Å². The van der Waals surface area contributed by atoms with Crippen LogP contribution in [0.15, 0.2) is 30.6 Å². The minimum absolute atomic E-state index is 0.0173. The SMILES string of the molecule is CC(CNC(=O)c1cn(COCC[Si](C)(C)C)c(C(C)(C)O)n1)n1ccc(-c2cc(F)c(C#N)c(Cl)c2)n1. The van der Waals surface area contributed by atoms with E-state index in [1.165, 1.54) is 12.1 Å². The lowest BCUT2D eigenvalue weighted by Crippen LogP contribution is -2.30. The van der Waals surface area contributed by atoms with Gasteiger partial charge >= 0.3 is 0 Å². The van der Waals surface area contributed by atoms with E-state index in [1.807, 2.05) is 6.92 Å². The van der Waals surface area contributed by atoms with E-state index in [0.717, 1.165) is 6.04 Å². The lowest BCUT2D eigenvalue weighted by Gasteiger charge is -2.19. The Kier molecular flexibility index (Phi) is 9.15. The molecular formula is C26H34ClFN6O3Si. The fraction of sp³-hybridized carbons (Fsp3) is 0.462. The molecule has 2 heterocycles. The number of rotatable bonds is 11. The van der Waals surface area contributed by atoms with Crippen molar-refractivity contribution in [1.82, 2.24) is 24.6 Å². The largest absolute Gasteiger partial charge is 0.383 e. The summed E-state index contributed by atoms with van der Waals surface area (Å²) in [4.78, 5) is 17.3. The highest BCUT2D eigenvalue weighted by Gasteiger charge is 2.26. The van der Waals surface area contributed by atoms with Gasteiger partial charge in [-0.3, -0.25) is 9.48 Å². The number of nitrogens with one attached hydrogen (secondary N) is 1. The van der Waals surface area contributed by atoms with Gasteiger partial charge in [-0.2, -0.15) is 10.4 Å². The zero-order chi connectivity index (χ0) is 28.3. The summed E-state index contributed by atoms with van der Waals surface area (Å²) in [7, 11) is -1.24. The number of nitriles is 1. The lowest BCUT2D eigenvalue weighted by atomic mass is 10.1. The Hall–Kier alpha value is -3.04. The Labute approximate surface area is 228 Å². The quantitative estimate of drug-likeness (QED) is 0.253. The molecule has 38 heavy (non-hydrogen) atoms. The van der Waals surface area contributed by atoms with Crippen molar-refractivity contribution in [3.63, 3.8) is 0 Å². The Morgan fingerprint density at radius 3 is 2.68 bits per heavy atom. The molecule has 1 unspecified atom stereocenters. The third-order valence-corrected chi connectivity index (χ3v) is 7.85. The smallest absolute Gasteiger partial charge is 0.271 e. The molecule has 0 saturated heterocycles. The normalized spacial score (nSPS) is 12.8. The number of halogens is 2. The van der Waals surface area contributed by atoms with E-state index < -0.39 is 25.4 Å². The maximum absolute atomic E-state index is 14.2. The van der Waals surface area contributed by atoms with Crippen molar-refractivity contribution in [1.29, 1.82) is 5.26 Å². The van der Waals surface area contributed by atoms with Crippen LogP contribution in [0.4, 0.5) is 4.39 Å². The van der Waals surface area contributed by atoms with Crippen LogP contribution in [0.5, 0.6) is 0 Å². The second kappa shape index (κ2) is 11.8.